The first kappa shape index (κ1) is 18.2. The molecular formula is C20H17NO6. The Balaban J connectivity index is 1.74. The minimum Gasteiger partial charge on any atom is -0.497 e. The minimum absolute atomic E-state index is 0.0562. The van der Waals surface area contributed by atoms with E-state index in [4.69, 9.17) is 14.2 Å². The lowest BCUT2D eigenvalue weighted by atomic mass is 10.1. The fraction of sp³-hybridized carbons (Fsp3) is 0.150. The quantitative estimate of drug-likeness (QED) is 0.370. The second kappa shape index (κ2) is 7.74. The zero-order valence-corrected chi connectivity index (χ0v) is 14.8. The van der Waals surface area contributed by atoms with Crippen molar-refractivity contribution in [2.75, 3.05) is 14.2 Å². The maximum absolute atomic E-state index is 12.2. The number of hydrogen-bond acceptors (Lipinski definition) is 6. The van der Waals surface area contributed by atoms with Gasteiger partial charge in [0.25, 0.3) is 0 Å². The Morgan fingerprint density at radius 2 is 1.70 bits per heavy atom. The number of fused-ring (bicyclic) bond motifs is 1. The summed E-state index contributed by atoms with van der Waals surface area (Å²) < 4.78 is 15.4. The molecule has 0 aliphatic heterocycles. The van der Waals surface area contributed by atoms with E-state index in [0.29, 0.717) is 0 Å². The molecule has 138 valence electrons. The van der Waals surface area contributed by atoms with Gasteiger partial charge in [0.1, 0.15) is 12.4 Å². The molecule has 0 heterocycles. The van der Waals surface area contributed by atoms with E-state index in [0.717, 1.165) is 28.2 Å². The van der Waals surface area contributed by atoms with Gasteiger partial charge in [-0.25, -0.2) is 4.79 Å². The molecule has 7 heteroatoms. The van der Waals surface area contributed by atoms with Crippen molar-refractivity contribution in [1.29, 1.82) is 0 Å². The Labute approximate surface area is 155 Å². The number of carbonyl (C=O) groups excluding carboxylic acids is 1. The van der Waals surface area contributed by atoms with E-state index in [1.165, 1.54) is 19.2 Å². The van der Waals surface area contributed by atoms with E-state index in [1.807, 2.05) is 36.4 Å². The van der Waals surface area contributed by atoms with Crippen molar-refractivity contribution in [2.24, 2.45) is 0 Å². The standard InChI is InChI=1S/C20H17NO6/c1-25-17-7-5-14-9-13(3-4-15(14)10-17)12-27-20(22)16-6-8-19(26-2)18(11-16)21(23)24/h3-11H,12H2,1-2H3. The number of rotatable bonds is 6. The second-order valence-electron chi connectivity index (χ2n) is 5.77. The number of esters is 1. The maximum Gasteiger partial charge on any atom is 0.338 e. The largest absolute Gasteiger partial charge is 0.497 e. The van der Waals surface area contributed by atoms with Crippen LogP contribution < -0.4 is 9.47 Å². The van der Waals surface area contributed by atoms with Gasteiger partial charge >= 0.3 is 11.7 Å². The highest BCUT2D eigenvalue weighted by Gasteiger charge is 2.19. The Bertz CT molecular complexity index is 1010. The highest BCUT2D eigenvalue weighted by molar-refractivity contribution is 5.90. The summed E-state index contributed by atoms with van der Waals surface area (Å²) in [5, 5.41) is 13.1. The number of nitro groups is 1. The van der Waals surface area contributed by atoms with Crippen molar-refractivity contribution in [1.82, 2.24) is 0 Å². The summed E-state index contributed by atoms with van der Waals surface area (Å²) in [5.74, 6) is 0.208. The molecule has 0 saturated heterocycles. The van der Waals surface area contributed by atoms with E-state index < -0.39 is 10.9 Å². The zero-order valence-electron chi connectivity index (χ0n) is 14.8. The number of benzene rings is 3. The molecule has 3 rings (SSSR count). The van der Waals surface area contributed by atoms with Gasteiger partial charge in [-0.1, -0.05) is 18.2 Å². The van der Waals surface area contributed by atoms with Crippen molar-refractivity contribution < 1.29 is 23.9 Å². The number of hydrogen-bond donors (Lipinski definition) is 0. The van der Waals surface area contributed by atoms with E-state index in [1.54, 1.807) is 7.11 Å². The van der Waals surface area contributed by atoms with Crippen LogP contribution in [0, 0.1) is 10.1 Å². The molecule has 0 bridgehead atoms. The van der Waals surface area contributed by atoms with Gasteiger partial charge < -0.3 is 14.2 Å². The van der Waals surface area contributed by atoms with Gasteiger partial charge in [0.2, 0.25) is 0 Å². The average molecular weight is 367 g/mol. The lowest BCUT2D eigenvalue weighted by molar-refractivity contribution is -0.385. The Hall–Kier alpha value is -3.61. The molecule has 0 spiro atoms. The van der Waals surface area contributed by atoms with Crippen LogP contribution in [0.25, 0.3) is 10.8 Å². The van der Waals surface area contributed by atoms with Crippen molar-refractivity contribution in [3.05, 3.63) is 75.8 Å². The topological polar surface area (TPSA) is 87.9 Å². The first-order valence-electron chi connectivity index (χ1n) is 8.08. The highest BCUT2D eigenvalue weighted by Crippen LogP contribution is 2.28. The molecule has 0 amide bonds. The van der Waals surface area contributed by atoms with Crippen molar-refractivity contribution in [2.45, 2.75) is 6.61 Å². The molecule has 0 unspecified atom stereocenters. The lowest BCUT2D eigenvalue weighted by Crippen LogP contribution is -2.06. The third kappa shape index (κ3) is 3.98. The predicted molar refractivity (Wildman–Crippen MR) is 99.3 cm³/mol. The van der Waals surface area contributed by atoms with Crippen molar-refractivity contribution in [3.8, 4) is 11.5 Å². The lowest BCUT2D eigenvalue weighted by Gasteiger charge is -2.08. The number of ether oxygens (including phenoxy) is 3. The summed E-state index contributed by atoms with van der Waals surface area (Å²) in [6, 6.07) is 15.3. The third-order valence-corrected chi connectivity index (χ3v) is 4.09. The molecule has 3 aromatic carbocycles. The monoisotopic (exact) mass is 367 g/mol. The smallest absolute Gasteiger partial charge is 0.338 e. The van der Waals surface area contributed by atoms with Crippen LogP contribution in [0.4, 0.5) is 5.69 Å². The number of carbonyl (C=O) groups is 1. The normalized spacial score (nSPS) is 10.4. The predicted octanol–water partition coefficient (Wildman–Crippen LogP) is 4.12. The summed E-state index contributed by atoms with van der Waals surface area (Å²) in [7, 11) is 2.94. The molecule has 0 aliphatic carbocycles. The number of nitro benzene ring substituents is 1. The summed E-state index contributed by atoms with van der Waals surface area (Å²) >= 11 is 0. The summed E-state index contributed by atoms with van der Waals surface area (Å²) in [4.78, 5) is 22.7. The van der Waals surface area contributed by atoms with Crippen LogP contribution in [0.5, 0.6) is 11.5 Å². The van der Waals surface area contributed by atoms with Gasteiger partial charge in [-0.05, 0) is 46.7 Å². The van der Waals surface area contributed by atoms with Gasteiger partial charge in [0, 0.05) is 6.07 Å². The van der Waals surface area contributed by atoms with E-state index in [2.05, 4.69) is 0 Å². The molecule has 27 heavy (non-hydrogen) atoms. The second-order valence-corrected chi connectivity index (χ2v) is 5.77. The van der Waals surface area contributed by atoms with E-state index in [-0.39, 0.29) is 23.6 Å². The molecule has 0 aromatic heterocycles. The zero-order chi connectivity index (χ0) is 19.4. The summed E-state index contributed by atoms with van der Waals surface area (Å²) in [5.41, 5.74) is 0.614. The minimum atomic E-state index is -0.643. The summed E-state index contributed by atoms with van der Waals surface area (Å²) in [6.45, 7) is 0.0562. The first-order valence-corrected chi connectivity index (χ1v) is 8.08. The van der Waals surface area contributed by atoms with E-state index >= 15 is 0 Å². The third-order valence-electron chi connectivity index (χ3n) is 4.09. The Kier molecular flexibility index (Phi) is 5.21. The molecule has 0 aliphatic rings. The molecule has 7 nitrogen and oxygen atoms in total. The number of methoxy groups -OCH3 is 2. The molecule has 0 radical (unpaired) electrons. The molecular weight excluding hydrogens is 350 g/mol. The van der Waals surface area contributed by atoms with Crippen LogP contribution in [-0.2, 0) is 11.3 Å². The van der Waals surface area contributed by atoms with Crippen LogP contribution in [0.3, 0.4) is 0 Å². The SMILES string of the molecule is COc1ccc2cc(COC(=O)c3ccc(OC)c([N+](=O)[O-])c3)ccc2c1. The maximum atomic E-state index is 12.2. The Morgan fingerprint density at radius 1 is 0.963 bits per heavy atom. The number of nitrogens with zero attached hydrogens (tertiary/aromatic N) is 1. The Morgan fingerprint density at radius 3 is 2.41 bits per heavy atom. The van der Waals surface area contributed by atoms with E-state index in [9.17, 15) is 14.9 Å². The summed E-state index contributed by atoms with van der Waals surface area (Å²) in [6.07, 6.45) is 0. The highest BCUT2D eigenvalue weighted by atomic mass is 16.6. The van der Waals surface area contributed by atoms with Crippen LogP contribution in [0.2, 0.25) is 0 Å². The van der Waals surface area contributed by atoms with Crippen LogP contribution >= 0.6 is 0 Å². The average Bonchev–Trinajstić information content (AvgIpc) is 2.70. The van der Waals surface area contributed by atoms with Gasteiger partial charge in [-0.3, -0.25) is 10.1 Å². The molecule has 0 atom stereocenters. The van der Waals surface area contributed by atoms with Gasteiger partial charge in [-0.2, -0.15) is 0 Å². The molecule has 0 saturated carbocycles. The van der Waals surface area contributed by atoms with Crippen LogP contribution in [0.15, 0.2) is 54.6 Å². The van der Waals surface area contributed by atoms with Gasteiger partial charge in [0.15, 0.2) is 5.75 Å². The van der Waals surface area contributed by atoms with Gasteiger partial charge in [0.05, 0.1) is 24.7 Å². The van der Waals surface area contributed by atoms with Crippen LogP contribution in [-0.4, -0.2) is 25.1 Å². The molecule has 0 N–H and O–H groups in total. The molecule has 3 aromatic rings. The first-order chi connectivity index (χ1) is 13.0. The van der Waals surface area contributed by atoms with Crippen molar-refractivity contribution in [3.63, 3.8) is 0 Å². The van der Waals surface area contributed by atoms with Gasteiger partial charge in [-0.15, -0.1) is 0 Å². The molecule has 0 fully saturated rings. The fourth-order valence-electron chi connectivity index (χ4n) is 2.68. The van der Waals surface area contributed by atoms with Crippen molar-refractivity contribution >= 4 is 22.4 Å². The van der Waals surface area contributed by atoms with Crippen LogP contribution in [0.1, 0.15) is 15.9 Å². The fourth-order valence-corrected chi connectivity index (χ4v) is 2.68.